The maximum Gasteiger partial charge on any atom is 0.0603 e. The largest absolute Gasteiger partial charge is 0.379 e. The Kier molecular flexibility index (Phi) is 3.11. The van der Waals surface area contributed by atoms with Crippen molar-refractivity contribution in [1.29, 1.82) is 0 Å². The zero-order chi connectivity index (χ0) is 13.1. The van der Waals surface area contributed by atoms with Gasteiger partial charge < -0.3 is 5.32 Å². The van der Waals surface area contributed by atoms with Crippen LogP contribution in [0.1, 0.15) is 11.3 Å². The second kappa shape index (κ2) is 5.06. The van der Waals surface area contributed by atoms with E-state index >= 15 is 0 Å². The Morgan fingerprint density at radius 3 is 2.89 bits per heavy atom. The van der Waals surface area contributed by atoms with E-state index in [4.69, 9.17) is 0 Å². The summed E-state index contributed by atoms with van der Waals surface area (Å²) in [6, 6.07) is 12.3. The fraction of sp³-hybridized carbons (Fsp3) is 0.125. The van der Waals surface area contributed by atoms with Gasteiger partial charge in [0.25, 0.3) is 0 Å². The van der Waals surface area contributed by atoms with Gasteiger partial charge in [0.05, 0.1) is 11.4 Å². The summed E-state index contributed by atoms with van der Waals surface area (Å²) in [5, 5.41) is 5.85. The molecule has 3 rings (SSSR count). The predicted octanol–water partition coefficient (Wildman–Crippen LogP) is 3.55. The molecule has 0 spiro atoms. The van der Waals surface area contributed by atoms with Crippen molar-refractivity contribution in [3.63, 3.8) is 0 Å². The third-order valence-electron chi connectivity index (χ3n) is 3.25. The third-order valence-corrected chi connectivity index (χ3v) is 3.25. The first-order valence-electron chi connectivity index (χ1n) is 6.32. The van der Waals surface area contributed by atoms with Crippen LogP contribution < -0.4 is 5.32 Å². The first-order chi connectivity index (χ1) is 9.34. The van der Waals surface area contributed by atoms with Gasteiger partial charge in [0.15, 0.2) is 0 Å². The number of rotatable bonds is 3. The topological polar surface area (TPSA) is 37.8 Å². The molecule has 2 aromatic heterocycles. The first-order valence-corrected chi connectivity index (χ1v) is 6.32. The summed E-state index contributed by atoms with van der Waals surface area (Å²) >= 11 is 0. The monoisotopic (exact) mass is 249 g/mol. The predicted molar refractivity (Wildman–Crippen MR) is 78.0 cm³/mol. The normalized spacial score (nSPS) is 10.6. The molecule has 2 heterocycles. The molecule has 0 aliphatic rings. The van der Waals surface area contributed by atoms with Crippen molar-refractivity contribution in [2.45, 2.75) is 13.5 Å². The second-order valence-corrected chi connectivity index (χ2v) is 4.50. The summed E-state index contributed by atoms with van der Waals surface area (Å²) in [6.45, 7) is 2.79. The van der Waals surface area contributed by atoms with E-state index in [0.717, 1.165) is 17.9 Å². The fourth-order valence-corrected chi connectivity index (χ4v) is 2.21. The highest BCUT2D eigenvalue weighted by Crippen LogP contribution is 2.19. The van der Waals surface area contributed by atoms with E-state index in [9.17, 15) is 0 Å². The van der Waals surface area contributed by atoms with Gasteiger partial charge in [-0.2, -0.15) is 0 Å². The summed E-state index contributed by atoms with van der Waals surface area (Å²) in [6.07, 6.45) is 5.54. The third kappa shape index (κ3) is 2.40. The number of nitrogens with zero attached hydrogens (tertiary/aromatic N) is 2. The van der Waals surface area contributed by atoms with Crippen LogP contribution in [0.3, 0.4) is 0 Å². The van der Waals surface area contributed by atoms with E-state index in [2.05, 4.69) is 45.6 Å². The quantitative estimate of drug-likeness (QED) is 0.771. The highest BCUT2D eigenvalue weighted by atomic mass is 14.9. The van der Waals surface area contributed by atoms with Gasteiger partial charge in [-0.15, -0.1) is 0 Å². The summed E-state index contributed by atoms with van der Waals surface area (Å²) in [5.41, 5.74) is 3.36. The molecule has 0 saturated carbocycles. The number of aryl methyl sites for hydroxylation is 1. The number of hydrogen-bond acceptors (Lipinski definition) is 3. The van der Waals surface area contributed by atoms with E-state index in [0.29, 0.717) is 0 Å². The summed E-state index contributed by atoms with van der Waals surface area (Å²) < 4.78 is 0. The molecule has 0 fully saturated rings. The van der Waals surface area contributed by atoms with Gasteiger partial charge in [-0.3, -0.25) is 9.97 Å². The smallest absolute Gasteiger partial charge is 0.0603 e. The minimum absolute atomic E-state index is 0.786. The van der Waals surface area contributed by atoms with Crippen molar-refractivity contribution in [2.75, 3.05) is 5.32 Å². The fourth-order valence-electron chi connectivity index (χ4n) is 2.21. The van der Waals surface area contributed by atoms with Gasteiger partial charge >= 0.3 is 0 Å². The van der Waals surface area contributed by atoms with Crippen LogP contribution in [-0.4, -0.2) is 9.97 Å². The Morgan fingerprint density at radius 1 is 1.05 bits per heavy atom. The molecule has 0 unspecified atom stereocenters. The molecule has 3 heteroatoms. The van der Waals surface area contributed by atoms with Crippen molar-refractivity contribution in [2.24, 2.45) is 0 Å². The summed E-state index contributed by atoms with van der Waals surface area (Å²) in [5.74, 6) is 0. The number of fused-ring (bicyclic) bond motifs is 1. The van der Waals surface area contributed by atoms with E-state index in [-0.39, 0.29) is 0 Å². The standard InChI is InChI=1S/C16H15N3/c1-12-16(6-3-8-18-12)19-11-14-5-2-4-13-10-17-9-7-15(13)14/h2-10,19H,11H2,1H3. The van der Waals surface area contributed by atoms with Gasteiger partial charge in [-0.25, -0.2) is 0 Å². The Balaban J connectivity index is 1.88. The minimum atomic E-state index is 0.786. The van der Waals surface area contributed by atoms with Crippen LogP contribution in [0.4, 0.5) is 5.69 Å². The Morgan fingerprint density at radius 2 is 2.00 bits per heavy atom. The molecular formula is C16H15N3. The van der Waals surface area contributed by atoms with Crippen LogP contribution >= 0.6 is 0 Å². The molecule has 1 N–H and O–H groups in total. The molecule has 0 atom stereocenters. The molecule has 0 radical (unpaired) electrons. The van der Waals surface area contributed by atoms with Gasteiger partial charge in [-0.05, 0) is 36.1 Å². The SMILES string of the molecule is Cc1ncccc1NCc1cccc2cnccc12. The lowest BCUT2D eigenvalue weighted by molar-refractivity contribution is 1.12. The Labute approximate surface area is 112 Å². The molecule has 0 bridgehead atoms. The number of hydrogen-bond donors (Lipinski definition) is 1. The van der Waals surface area contributed by atoms with Crippen LogP contribution in [0.5, 0.6) is 0 Å². The Bertz CT molecular complexity index is 702. The highest BCUT2D eigenvalue weighted by molar-refractivity contribution is 5.84. The van der Waals surface area contributed by atoms with E-state index < -0.39 is 0 Å². The first kappa shape index (κ1) is 11.7. The number of nitrogens with one attached hydrogen (secondary N) is 1. The molecular weight excluding hydrogens is 234 g/mol. The van der Waals surface area contributed by atoms with Crippen molar-refractivity contribution in [3.05, 3.63) is 66.2 Å². The van der Waals surface area contributed by atoms with E-state index in [1.54, 1.807) is 0 Å². The summed E-state index contributed by atoms with van der Waals surface area (Å²) in [7, 11) is 0. The second-order valence-electron chi connectivity index (χ2n) is 4.50. The number of aromatic nitrogens is 2. The molecule has 3 nitrogen and oxygen atoms in total. The van der Waals surface area contributed by atoms with Crippen LogP contribution in [0.2, 0.25) is 0 Å². The van der Waals surface area contributed by atoms with Crippen LogP contribution in [-0.2, 0) is 6.54 Å². The van der Waals surface area contributed by atoms with Gasteiger partial charge in [0.2, 0.25) is 0 Å². The summed E-state index contributed by atoms with van der Waals surface area (Å²) in [4.78, 5) is 8.44. The van der Waals surface area contributed by atoms with Crippen molar-refractivity contribution in [3.8, 4) is 0 Å². The van der Waals surface area contributed by atoms with Crippen molar-refractivity contribution in [1.82, 2.24) is 9.97 Å². The van der Waals surface area contributed by atoms with Crippen molar-refractivity contribution >= 4 is 16.5 Å². The van der Waals surface area contributed by atoms with Gasteiger partial charge in [0.1, 0.15) is 0 Å². The maximum absolute atomic E-state index is 4.28. The number of pyridine rings is 2. The lowest BCUT2D eigenvalue weighted by Crippen LogP contribution is -2.02. The molecule has 94 valence electrons. The molecule has 0 saturated heterocycles. The molecule has 0 amide bonds. The average Bonchev–Trinajstić information content (AvgIpc) is 2.46. The van der Waals surface area contributed by atoms with Crippen molar-refractivity contribution < 1.29 is 0 Å². The molecule has 1 aromatic carbocycles. The minimum Gasteiger partial charge on any atom is -0.379 e. The molecule has 0 aliphatic carbocycles. The van der Waals surface area contributed by atoms with Gasteiger partial charge in [0, 0.05) is 30.5 Å². The maximum atomic E-state index is 4.28. The Hall–Kier alpha value is -2.42. The molecule has 19 heavy (non-hydrogen) atoms. The van der Waals surface area contributed by atoms with Crippen LogP contribution in [0.25, 0.3) is 10.8 Å². The highest BCUT2D eigenvalue weighted by Gasteiger charge is 2.02. The molecule has 0 aliphatic heterocycles. The molecule has 3 aromatic rings. The zero-order valence-electron chi connectivity index (χ0n) is 10.8. The zero-order valence-corrected chi connectivity index (χ0v) is 10.8. The number of benzene rings is 1. The van der Waals surface area contributed by atoms with E-state index in [1.807, 2.05) is 31.6 Å². The van der Waals surface area contributed by atoms with Crippen LogP contribution in [0, 0.1) is 6.92 Å². The average molecular weight is 249 g/mol. The lowest BCUT2D eigenvalue weighted by Gasteiger charge is -2.10. The van der Waals surface area contributed by atoms with E-state index in [1.165, 1.54) is 16.3 Å². The lowest BCUT2D eigenvalue weighted by atomic mass is 10.1. The van der Waals surface area contributed by atoms with Crippen LogP contribution in [0.15, 0.2) is 55.0 Å². The van der Waals surface area contributed by atoms with Gasteiger partial charge in [-0.1, -0.05) is 18.2 Å². The number of anilines is 1.